The summed E-state index contributed by atoms with van der Waals surface area (Å²) < 4.78 is 20.8. The van der Waals surface area contributed by atoms with E-state index in [1.54, 1.807) is 0 Å². The summed E-state index contributed by atoms with van der Waals surface area (Å²) in [5, 5.41) is 1.55. The van der Waals surface area contributed by atoms with Crippen LogP contribution in [0.4, 0.5) is 4.39 Å². The van der Waals surface area contributed by atoms with Gasteiger partial charge < -0.3 is 4.74 Å². The lowest BCUT2D eigenvalue weighted by molar-refractivity contribution is 0.319. The molecule has 0 spiro atoms. The summed E-state index contributed by atoms with van der Waals surface area (Å²) in [5.41, 5.74) is 3.54. The predicted molar refractivity (Wildman–Crippen MR) is 133 cm³/mol. The highest BCUT2D eigenvalue weighted by Gasteiger charge is 2.21. The second kappa shape index (κ2) is 10.8. The average Bonchev–Trinajstić information content (AvgIpc) is 2.84. The quantitative estimate of drug-likeness (QED) is 0.326. The Kier molecular flexibility index (Phi) is 7.63. The van der Waals surface area contributed by atoms with Crippen molar-refractivity contribution in [2.75, 3.05) is 6.61 Å². The Morgan fingerprint density at radius 2 is 1.72 bits per heavy atom. The van der Waals surface area contributed by atoms with Gasteiger partial charge in [0, 0.05) is 5.39 Å². The van der Waals surface area contributed by atoms with Gasteiger partial charge in [0.05, 0.1) is 0 Å². The van der Waals surface area contributed by atoms with Gasteiger partial charge in [0.2, 0.25) is 0 Å². The molecule has 0 N–H and O–H groups in total. The molecule has 1 aliphatic carbocycles. The van der Waals surface area contributed by atoms with Gasteiger partial charge >= 0.3 is 0 Å². The standard InChI is InChI=1S/C30H35FO/c1-3-5-20-32-28-18-19-29-27(21-28)17-16-26(30(29)31)15-10-23-8-13-25(14-9-23)24-11-6-22(4-2)7-12-24/h3,5,8-9,13-14,16-19,21-22,24H,4,6-7,10-12,15,20H2,1-2H3. The van der Waals surface area contributed by atoms with Crippen LogP contribution in [0.5, 0.6) is 5.75 Å². The van der Waals surface area contributed by atoms with Crippen molar-refractivity contribution in [3.05, 3.63) is 89.3 Å². The minimum atomic E-state index is -0.105. The average molecular weight is 431 g/mol. The molecule has 1 nitrogen and oxygen atoms in total. The maximum atomic E-state index is 15.1. The van der Waals surface area contributed by atoms with E-state index in [1.807, 2.05) is 49.4 Å². The first-order chi connectivity index (χ1) is 15.7. The zero-order valence-electron chi connectivity index (χ0n) is 19.4. The molecule has 0 radical (unpaired) electrons. The van der Waals surface area contributed by atoms with Gasteiger partial charge in [-0.2, -0.15) is 0 Å². The van der Waals surface area contributed by atoms with Crippen LogP contribution in [0.15, 0.2) is 66.7 Å². The largest absolute Gasteiger partial charge is 0.490 e. The molecule has 2 heteroatoms. The van der Waals surface area contributed by atoms with Crippen LogP contribution in [0.3, 0.4) is 0 Å². The number of benzene rings is 3. The normalized spacial score (nSPS) is 19.0. The van der Waals surface area contributed by atoms with Crippen LogP contribution in [-0.2, 0) is 12.8 Å². The SMILES string of the molecule is CC=CCOc1ccc2c(F)c(CCc3ccc(C4CCC(CC)CC4)cc3)ccc2c1. The molecular weight excluding hydrogens is 395 g/mol. The van der Waals surface area contributed by atoms with Crippen LogP contribution in [0.1, 0.15) is 68.6 Å². The summed E-state index contributed by atoms with van der Waals surface area (Å²) in [7, 11) is 0. The fourth-order valence-corrected chi connectivity index (χ4v) is 4.98. The third-order valence-corrected chi connectivity index (χ3v) is 7.15. The van der Waals surface area contributed by atoms with E-state index in [1.165, 1.54) is 43.2 Å². The summed E-state index contributed by atoms with van der Waals surface area (Å²) in [6.45, 7) is 4.81. The number of halogens is 1. The molecule has 168 valence electrons. The summed E-state index contributed by atoms with van der Waals surface area (Å²) >= 11 is 0. The van der Waals surface area contributed by atoms with Crippen molar-refractivity contribution in [3.63, 3.8) is 0 Å². The van der Waals surface area contributed by atoms with Crippen molar-refractivity contribution in [2.45, 2.75) is 64.7 Å². The van der Waals surface area contributed by atoms with Crippen LogP contribution < -0.4 is 4.74 Å². The third kappa shape index (κ3) is 5.41. The zero-order chi connectivity index (χ0) is 22.3. The van der Waals surface area contributed by atoms with E-state index in [0.717, 1.165) is 35.0 Å². The van der Waals surface area contributed by atoms with Crippen LogP contribution in [0.25, 0.3) is 10.8 Å². The molecule has 32 heavy (non-hydrogen) atoms. The van der Waals surface area contributed by atoms with E-state index in [4.69, 9.17) is 4.74 Å². The minimum Gasteiger partial charge on any atom is -0.490 e. The number of allylic oxidation sites excluding steroid dienone is 1. The molecule has 1 aliphatic rings. The van der Waals surface area contributed by atoms with Crippen molar-refractivity contribution < 1.29 is 9.13 Å². The molecule has 1 fully saturated rings. The van der Waals surface area contributed by atoms with E-state index < -0.39 is 0 Å². The lowest BCUT2D eigenvalue weighted by Gasteiger charge is -2.28. The van der Waals surface area contributed by atoms with Gasteiger partial charge in [-0.15, -0.1) is 0 Å². The molecule has 0 saturated heterocycles. The van der Waals surface area contributed by atoms with Crippen LogP contribution in [0, 0.1) is 11.7 Å². The fourth-order valence-electron chi connectivity index (χ4n) is 4.98. The van der Waals surface area contributed by atoms with Gasteiger partial charge in [-0.3, -0.25) is 0 Å². The lowest BCUT2D eigenvalue weighted by Crippen LogP contribution is -2.12. The predicted octanol–water partition coefficient (Wildman–Crippen LogP) is 8.40. The highest BCUT2D eigenvalue weighted by atomic mass is 19.1. The molecule has 0 amide bonds. The number of hydrogen-bond donors (Lipinski definition) is 0. The smallest absolute Gasteiger partial charge is 0.134 e. The van der Waals surface area contributed by atoms with Gasteiger partial charge in [0.15, 0.2) is 0 Å². The molecule has 0 unspecified atom stereocenters. The van der Waals surface area contributed by atoms with E-state index >= 15 is 4.39 Å². The monoisotopic (exact) mass is 430 g/mol. The van der Waals surface area contributed by atoms with Gasteiger partial charge in [-0.25, -0.2) is 4.39 Å². The number of aryl methyl sites for hydroxylation is 2. The fraction of sp³-hybridized carbons (Fsp3) is 0.400. The third-order valence-electron chi connectivity index (χ3n) is 7.15. The van der Waals surface area contributed by atoms with Gasteiger partial charge in [0.25, 0.3) is 0 Å². The Labute approximate surface area is 192 Å². The Balaban J connectivity index is 1.38. The summed E-state index contributed by atoms with van der Waals surface area (Å²) in [6, 6.07) is 18.6. The molecule has 4 rings (SSSR count). The first-order valence-electron chi connectivity index (χ1n) is 12.2. The molecule has 0 atom stereocenters. The second-order valence-electron chi connectivity index (χ2n) is 9.17. The first kappa shape index (κ1) is 22.6. The van der Waals surface area contributed by atoms with Crippen molar-refractivity contribution >= 4 is 10.8 Å². The summed E-state index contributed by atoms with van der Waals surface area (Å²) in [6.07, 6.45) is 12.2. The molecule has 0 bridgehead atoms. The lowest BCUT2D eigenvalue weighted by atomic mass is 9.78. The highest BCUT2D eigenvalue weighted by molar-refractivity contribution is 5.85. The Morgan fingerprint density at radius 1 is 0.938 bits per heavy atom. The van der Waals surface area contributed by atoms with Crippen molar-refractivity contribution in [1.82, 2.24) is 0 Å². The second-order valence-corrected chi connectivity index (χ2v) is 9.17. The van der Waals surface area contributed by atoms with Crippen molar-refractivity contribution in [3.8, 4) is 5.75 Å². The van der Waals surface area contributed by atoms with Gasteiger partial charge in [-0.05, 0) is 97.6 Å². The highest BCUT2D eigenvalue weighted by Crippen LogP contribution is 2.37. The number of hydrogen-bond acceptors (Lipinski definition) is 1. The Bertz CT molecular complexity index is 1040. The Hall–Kier alpha value is -2.61. The molecule has 3 aromatic rings. The topological polar surface area (TPSA) is 9.23 Å². The first-order valence-corrected chi connectivity index (χ1v) is 12.2. The summed E-state index contributed by atoms with van der Waals surface area (Å²) in [5.74, 6) is 2.31. The van der Waals surface area contributed by atoms with Crippen LogP contribution in [-0.4, -0.2) is 6.61 Å². The van der Waals surface area contributed by atoms with Crippen molar-refractivity contribution in [2.24, 2.45) is 5.92 Å². The molecule has 0 aromatic heterocycles. The maximum absolute atomic E-state index is 15.1. The Morgan fingerprint density at radius 3 is 2.44 bits per heavy atom. The van der Waals surface area contributed by atoms with E-state index in [9.17, 15) is 0 Å². The van der Waals surface area contributed by atoms with E-state index in [2.05, 4.69) is 31.2 Å². The minimum absolute atomic E-state index is 0.105. The maximum Gasteiger partial charge on any atom is 0.134 e. The van der Waals surface area contributed by atoms with Crippen LogP contribution >= 0.6 is 0 Å². The summed E-state index contributed by atoms with van der Waals surface area (Å²) in [4.78, 5) is 0. The molecule has 3 aromatic carbocycles. The number of ether oxygens (including phenoxy) is 1. The van der Waals surface area contributed by atoms with E-state index in [0.29, 0.717) is 18.4 Å². The number of fused-ring (bicyclic) bond motifs is 1. The molecule has 1 saturated carbocycles. The van der Waals surface area contributed by atoms with Crippen LogP contribution in [0.2, 0.25) is 0 Å². The molecular formula is C30H35FO. The van der Waals surface area contributed by atoms with Gasteiger partial charge in [-0.1, -0.05) is 61.9 Å². The number of rotatable bonds is 8. The molecule has 0 aliphatic heterocycles. The van der Waals surface area contributed by atoms with Gasteiger partial charge in [0.1, 0.15) is 18.2 Å². The van der Waals surface area contributed by atoms with E-state index in [-0.39, 0.29) is 5.82 Å². The van der Waals surface area contributed by atoms with Crippen molar-refractivity contribution in [1.29, 1.82) is 0 Å². The molecule has 0 heterocycles. The zero-order valence-corrected chi connectivity index (χ0v) is 19.4.